The van der Waals surface area contributed by atoms with Gasteiger partial charge in [0.15, 0.2) is 0 Å². The van der Waals surface area contributed by atoms with Crippen molar-refractivity contribution in [2.24, 2.45) is 5.92 Å². The van der Waals surface area contributed by atoms with E-state index in [0.717, 1.165) is 51.7 Å². The molecule has 0 atom stereocenters. The zero-order chi connectivity index (χ0) is 14.9. The van der Waals surface area contributed by atoms with Crippen LogP contribution in [0.5, 0.6) is 0 Å². The number of methoxy groups -OCH3 is 1. The molecular weight excluding hydrogens is 254 g/mol. The molecule has 0 aliphatic carbocycles. The summed E-state index contributed by atoms with van der Waals surface area (Å²) in [6.45, 7) is 10.6. The van der Waals surface area contributed by atoms with Gasteiger partial charge in [-0.3, -0.25) is 0 Å². The van der Waals surface area contributed by atoms with Crippen LogP contribution in [0.1, 0.15) is 46.0 Å². The molecule has 122 valence electrons. The molecule has 20 heavy (non-hydrogen) atoms. The molecule has 0 unspecified atom stereocenters. The average molecular weight is 289 g/mol. The van der Waals surface area contributed by atoms with Crippen LogP contribution in [0, 0.1) is 5.92 Å². The van der Waals surface area contributed by atoms with Crippen molar-refractivity contribution in [1.29, 1.82) is 0 Å². The van der Waals surface area contributed by atoms with Crippen molar-refractivity contribution < 1.29 is 14.2 Å². The van der Waals surface area contributed by atoms with Crippen LogP contribution in [-0.4, -0.2) is 53.2 Å². The molecule has 4 heteroatoms. The van der Waals surface area contributed by atoms with Gasteiger partial charge in [0.2, 0.25) is 0 Å². The summed E-state index contributed by atoms with van der Waals surface area (Å²) < 4.78 is 15.9. The van der Waals surface area contributed by atoms with Crippen LogP contribution >= 0.6 is 0 Å². The number of ether oxygens (including phenoxy) is 3. The minimum absolute atomic E-state index is 0.697. The Balaban J connectivity index is 2.92. The van der Waals surface area contributed by atoms with E-state index in [1.807, 2.05) is 0 Å². The lowest BCUT2D eigenvalue weighted by atomic mass is 10.2. The van der Waals surface area contributed by atoms with Crippen LogP contribution in [0.3, 0.4) is 0 Å². The molecule has 0 saturated carbocycles. The molecular formula is C16H35NO3. The third-order valence-electron chi connectivity index (χ3n) is 2.95. The molecule has 1 N–H and O–H groups in total. The maximum atomic E-state index is 5.53. The Morgan fingerprint density at radius 1 is 0.750 bits per heavy atom. The lowest BCUT2D eigenvalue weighted by Crippen LogP contribution is -2.20. The van der Waals surface area contributed by atoms with Crippen molar-refractivity contribution in [2.75, 3.05) is 53.2 Å². The predicted molar refractivity (Wildman–Crippen MR) is 84.3 cm³/mol. The standard InChI is InChI=1S/C16H35NO3/c1-16(2)15-17-9-6-4-5-7-11-19-13-14-20-12-8-10-18-3/h16-17H,4-15H2,1-3H3. The third kappa shape index (κ3) is 17.8. The van der Waals surface area contributed by atoms with E-state index < -0.39 is 0 Å². The van der Waals surface area contributed by atoms with E-state index in [-0.39, 0.29) is 0 Å². The van der Waals surface area contributed by atoms with E-state index >= 15 is 0 Å². The normalized spacial score (nSPS) is 11.4. The van der Waals surface area contributed by atoms with Crippen LogP contribution in [0.15, 0.2) is 0 Å². The largest absolute Gasteiger partial charge is 0.385 e. The summed E-state index contributed by atoms with van der Waals surface area (Å²) in [4.78, 5) is 0. The highest BCUT2D eigenvalue weighted by molar-refractivity contribution is 4.52. The Kier molecular flexibility index (Phi) is 16.8. The SMILES string of the molecule is COCCCOCCOCCCCCCNCC(C)C. The first-order valence-corrected chi connectivity index (χ1v) is 8.12. The summed E-state index contributed by atoms with van der Waals surface area (Å²) in [5.74, 6) is 0.750. The van der Waals surface area contributed by atoms with E-state index in [9.17, 15) is 0 Å². The highest BCUT2D eigenvalue weighted by Gasteiger charge is 1.94. The summed E-state index contributed by atoms with van der Waals surface area (Å²) in [6.07, 6.45) is 5.95. The second kappa shape index (κ2) is 16.9. The Labute approximate surface area is 125 Å². The fraction of sp³-hybridized carbons (Fsp3) is 1.00. The maximum absolute atomic E-state index is 5.53. The van der Waals surface area contributed by atoms with Crippen molar-refractivity contribution in [3.63, 3.8) is 0 Å². The summed E-state index contributed by atoms with van der Waals surface area (Å²) in [5, 5.41) is 3.47. The second-order valence-electron chi connectivity index (χ2n) is 5.58. The van der Waals surface area contributed by atoms with Crippen LogP contribution < -0.4 is 5.32 Å². The first kappa shape index (κ1) is 19.8. The number of unbranched alkanes of at least 4 members (excludes halogenated alkanes) is 3. The number of nitrogens with one attached hydrogen (secondary N) is 1. The number of rotatable bonds is 16. The Hall–Kier alpha value is -0.160. The van der Waals surface area contributed by atoms with Gasteiger partial charge >= 0.3 is 0 Å². The Bertz CT molecular complexity index is 177. The molecule has 0 radical (unpaired) electrons. The summed E-state index contributed by atoms with van der Waals surface area (Å²) in [7, 11) is 1.71. The van der Waals surface area contributed by atoms with Gasteiger partial charge in [0.1, 0.15) is 0 Å². The van der Waals surface area contributed by atoms with E-state index in [2.05, 4.69) is 19.2 Å². The first-order valence-electron chi connectivity index (χ1n) is 8.12. The summed E-state index contributed by atoms with van der Waals surface area (Å²) in [6, 6.07) is 0. The van der Waals surface area contributed by atoms with Gasteiger partial charge in [-0.2, -0.15) is 0 Å². The van der Waals surface area contributed by atoms with Gasteiger partial charge in [0.05, 0.1) is 13.2 Å². The zero-order valence-corrected chi connectivity index (χ0v) is 13.8. The topological polar surface area (TPSA) is 39.7 Å². The molecule has 0 aliphatic rings. The minimum Gasteiger partial charge on any atom is -0.385 e. The lowest BCUT2D eigenvalue weighted by molar-refractivity contribution is 0.0387. The Morgan fingerprint density at radius 2 is 1.40 bits per heavy atom. The minimum atomic E-state index is 0.697. The maximum Gasteiger partial charge on any atom is 0.0700 e. The quantitative estimate of drug-likeness (QED) is 0.444. The van der Waals surface area contributed by atoms with Crippen molar-refractivity contribution in [2.45, 2.75) is 46.0 Å². The van der Waals surface area contributed by atoms with Gasteiger partial charge in [0.25, 0.3) is 0 Å². The molecule has 0 amide bonds. The van der Waals surface area contributed by atoms with E-state index in [4.69, 9.17) is 14.2 Å². The van der Waals surface area contributed by atoms with Gasteiger partial charge in [-0.15, -0.1) is 0 Å². The zero-order valence-electron chi connectivity index (χ0n) is 13.8. The molecule has 0 bridgehead atoms. The van der Waals surface area contributed by atoms with Crippen LogP contribution in [0.2, 0.25) is 0 Å². The number of hydrogen-bond acceptors (Lipinski definition) is 4. The molecule has 0 spiro atoms. The first-order chi connectivity index (χ1) is 9.77. The molecule has 0 aliphatic heterocycles. The average Bonchev–Trinajstić information content (AvgIpc) is 2.43. The van der Waals surface area contributed by atoms with Crippen LogP contribution in [0.4, 0.5) is 0 Å². The van der Waals surface area contributed by atoms with Gasteiger partial charge in [-0.25, -0.2) is 0 Å². The molecule has 0 saturated heterocycles. The summed E-state index contributed by atoms with van der Waals surface area (Å²) >= 11 is 0. The van der Waals surface area contributed by atoms with Crippen LogP contribution in [-0.2, 0) is 14.2 Å². The van der Waals surface area contributed by atoms with Crippen molar-refractivity contribution in [3.05, 3.63) is 0 Å². The van der Waals surface area contributed by atoms with Gasteiger partial charge in [-0.1, -0.05) is 26.7 Å². The monoisotopic (exact) mass is 289 g/mol. The van der Waals surface area contributed by atoms with Crippen LogP contribution in [0.25, 0.3) is 0 Å². The fourth-order valence-corrected chi connectivity index (χ4v) is 1.83. The smallest absolute Gasteiger partial charge is 0.0700 e. The van der Waals surface area contributed by atoms with Gasteiger partial charge in [0, 0.05) is 26.9 Å². The van der Waals surface area contributed by atoms with Crippen molar-refractivity contribution >= 4 is 0 Å². The van der Waals surface area contributed by atoms with Crippen molar-refractivity contribution in [1.82, 2.24) is 5.32 Å². The van der Waals surface area contributed by atoms with Gasteiger partial charge < -0.3 is 19.5 Å². The lowest BCUT2D eigenvalue weighted by Gasteiger charge is -2.07. The number of hydrogen-bond donors (Lipinski definition) is 1. The molecule has 0 rings (SSSR count). The molecule has 0 fully saturated rings. The van der Waals surface area contributed by atoms with Crippen molar-refractivity contribution in [3.8, 4) is 0 Å². The predicted octanol–water partition coefficient (Wildman–Crippen LogP) is 2.86. The fourth-order valence-electron chi connectivity index (χ4n) is 1.83. The molecule has 0 heterocycles. The van der Waals surface area contributed by atoms with Gasteiger partial charge in [-0.05, 0) is 38.3 Å². The summed E-state index contributed by atoms with van der Waals surface area (Å²) in [5.41, 5.74) is 0. The highest BCUT2D eigenvalue weighted by atomic mass is 16.5. The van der Waals surface area contributed by atoms with E-state index in [0.29, 0.717) is 13.2 Å². The highest BCUT2D eigenvalue weighted by Crippen LogP contribution is 1.99. The molecule has 0 aromatic carbocycles. The van der Waals surface area contributed by atoms with E-state index in [1.54, 1.807) is 7.11 Å². The Morgan fingerprint density at radius 3 is 2.05 bits per heavy atom. The second-order valence-corrected chi connectivity index (χ2v) is 5.58. The third-order valence-corrected chi connectivity index (χ3v) is 2.95. The van der Waals surface area contributed by atoms with E-state index in [1.165, 1.54) is 19.3 Å². The molecule has 0 aromatic rings. The molecule has 4 nitrogen and oxygen atoms in total. The molecule has 0 aromatic heterocycles.